The zero-order valence-corrected chi connectivity index (χ0v) is 12.5. The number of hydrogen-bond acceptors (Lipinski definition) is 4. The van der Waals surface area contributed by atoms with Gasteiger partial charge in [-0.2, -0.15) is 0 Å². The molecule has 1 saturated heterocycles. The maximum absolute atomic E-state index is 12.3. The average molecular weight is 296 g/mol. The van der Waals surface area contributed by atoms with Gasteiger partial charge in [0, 0.05) is 19.0 Å². The minimum absolute atomic E-state index is 0.0851. The van der Waals surface area contributed by atoms with Gasteiger partial charge in [-0.25, -0.2) is 0 Å². The van der Waals surface area contributed by atoms with Crippen molar-refractivity contribution in [3.05, 3.63) is 22.4 Å². The van der Waals surface area contributed by atoms with E-state index in [9.17, 15) is 14.7 Å². The number of hydrogen-bond donors (Lipinski definition) is 2. The molecule has 0 spiro atoms. The van der Waals surface area contributed by atoms with Crippen LogP contribution >= 0.6 is 11.3 Å². The molecule has 3 atom stereocenters. The molecule has 6 heteroatoms. The van der Waals surface area contributed by atoms with Gasteiger partial charge in [0.25, 0.3) is 5.91 Å². The largest absolute Gasteiger partial charge is 0.393 e. The van der Waals surface area contributed by atoms with Crippen molar-refractivity contribution >= 4 is 23.2 Å². The Hall–Kier alpha value is -1.40. The van der Waals surface area contributed by atoms with Crippen molar-refractivity contribution in [2.75, 3.05) is 13.1 Å². The number of likely N-dealkylation sites (tertiary alicyclic amines) is 1. The monoisotopic (exact) mass is 296 g/mol. The fourth-order valence-electron chi connectivity index (χ4n) is 2.39. The van der Waals surface area contributed by atoms with Crippen LogP contribution in [-0.2, 0) is 4.79 Å². The summed E-state index contributed by atoms with van der Waals surface area (Å²) in [5.41, 5.74) is 0. The first-order valence-electron chi connectivity index (χ1n) is 6.80. The molecule has 0 aliphatic carbocycles. The molecule has 2 amide bonds. The molecule has 3 unspecified atom stereocenters. The summed E-state index contributed by atoms with van der Waals surface area (Å²) in [6.45, 7) is 4.66. The van der Waals surface area contributed by atoms with Crippen molar-refractivity contribution in [2.45, 2.75) is 32.4 Å². The number of aliphatic hydroxyl groups excluding tert-OH is 1. The summed E-state index contributed by atoms with van der Waals surface area (Å²) >= 11 is 1.35. The summed E-state index contributed by atoms with van der Waals surface area (Å²) in [6.07, 6.45) is 0.415. The summed E-state index contributed by atoms with van der Waals surface area (Å²) in [7, 11) is 0. The fourth-order valence-corrected chi connectivity index (χ4v) is 3.02. The highest BCUT2D eigenvalue weighted by Crippen LogP contribution is 2.20. The minimum Gasteiger partial charge on any atom is -0.393 e. The molecular formula is C14H20N2O3S. The van der Waals surface area contributed by atoms with Crippen LogP contribution in [0.1, 0.15) is 29.9 Å². The number of carbonyl (C=O) groups excluding carboxylic acids is 2. The van der Waals surface area contributed by atoms with Crippen LogP contribution in [0.5, 0.6) is 0 Å². The van der Waals surface area contributed by atoms with Crippen LogP contribution in [0, 0.1) is 5.92 Å². The van der Waals surface area contributed by atoms with Gasteiger partial charge in [-0.05, 0) is 31.7 Å². The molecule has 1 aromatic rings. The molecule has 0 bridgehead atoms. The van der Waals surface area contributed by atoms with E-state index in [1.165, 1.54) is 11.3 Å². The van der Waals surface area contributed by atoms with Crippen LogP contribution in [0.3, 0.4) is 0 Å². The van der Waals surface area contributed by atoms with Gasteiger partial charge in [-0.15, -0.1) is 11.3 Å². The lowest BCUT2D eigenvalue weighted by atomic mass is 10.0. The first kappa shape index (κ1) is 15.0. The van der Waals surface area contributed by atoms with Crippen molar-refractivity contribution in [3.8, 4) is 0 Å². The predicted molar refractivity (Wildman–Crippen MR) is 77.6 cm³/mol. The lowest BCUT2D eigenvalue weighted by Crippen LogP contribution is -2.46. The van der Waals surface area contributed by atoms with Gasteiger partial charge in [0.1, 0.15) is 6.04 Å². The Morgan fingerprint density at radius 2 is 2.25 bits per heavy atom. The molecular weight excluding hydrogens is 276 g/mol. The molecule has 1 aromatic heterocycles. The van der Waals surface area contributed by atoms with Crippen molar-refractivity contribution in [1.82, 2.24) is 10.2 Å². The molecule has 2 rings (SSSR count). The van der Waals surface area contributed by atoms with E-state index in [0.717, 1.165) is 6.42 Å². The molecule has 2 heterocycles. The number of thiophene rings is 1. The highest BCUT2D eigenvalue weighted by atomic mass is 32.1. The Morgan fingerprint density at radius 1 is 1.50 bits per heavy atom. The number of nitrogens with one attached hydrogen (secondary N) is 1. The predicted octanol–water partition coefficient (Wildman–Crippen LogP) is 1.10. The first-order chi connectivity index (χ1) is 9.49. The van der Waals surface area contributed by atoms with Crippen molar-refractivity contribution < 1.29 is 14.7 Å². The third-order valence-corrected chi connectivity index (χ3v) is 4.55. The smallest absolute Gasteiger partial charge is 0.261 e. The van der Waals surface area contributed by atoms with Crippen molar-refractivity contribution in [2.24, 2.45) is 5.92 Å². The van der Waals surface area contributed by atoms with Crippen LogP contribution in [0.4, 0.5) is 0 Å². The van der Waals surface area contributed by atoms with Crippen molar-refractivity contribution in [3.63, 3.8) is 0 Å². The quantitative estimate of drug-likeness (QED) is 0.874. The molecule has 2 N–H and O–H groups in total. The molecule has 1 aliphatic rings. The van der Waals surface area contributed by atoms with E-state index in [1.807, 2.05) is 5.38 Å². The summed E-state index contributed by atoms with van der Waals surface area (Å²) in [6, 6.07) is 2.99. The molecule has 1 fully saturated rings. The standard InChI is InChI=1S/C14H20N2O3S/c1-9(15-13(18)12-4-3-7-20-12)14(19)16-6-5-11(8-16)10(2)17/h3-4,7,9-11,17H,5-6,8H2,1-2H3,(H,15,18). The average Bonchev–Trinajstić information content (AvgIpc) is 3.08. The Kier molecular flexibility index (Phi) is 4.77. The minimum atomic E-state index is -0.544. The molecule has 1 aliphatic heterocycles. The summed E-state index contributed by atoms with van der Waals surface area (Å²) in [4.78, 5) is 26.5. The summed E-state index contributed by atoms with van der Waals surface area (Å²) in [5, 5.41) is 14.1. The summed E-state index contributed by atoms with van der Waals surface area (Å²) < 4.78 is 0. The number of rotatable bonds is 4. The second kappa shape index (κ2) is 6.37. The van der Waals surface area contributed by atoms with Crippen LogP contribution in [-0.4, -0.2) is 47.1 Å². The van der Waals surface area contributed by atoms with Gasteiger partial charge in [-0.3, -0.25) is 9.59 Å². The number of carbonyl (C=O) groups is 2. The van der Waals surface area contributed by atoms with Crippen molar-refractivity contribution in [1.29, 1.82) is 0 Å². The molecule has 20 heavy (non-hydrogen) atoms. The van der Waals surface area contributed by atoms with Gasteiger partial charge in [0.15, 0.2) is 0 Å². The maximum Gasteiger partial charge on any atom is 0.261 e. The maximum atomic E-state index is 12.3. The zero-order valence-electron chi connectivity index (χ0n) is 11.7. The highest BCUT2D eigenvalue weighted by molar-refractivity contribution is 7.12. The van der Waals surface area contributed by atoms with E-state index < -0.39 is 12.1 Å². The SMILES string of the molecule is CC(NC(=O)c1cccs1)C(=O)N1CCC(C(C)O)C1. The van der Waals surface area contributed by atoms with Crippen LogP contribution in [0.2, 0.25) is 0 Å². The van der Waals surface area contributed by atoms with Gasteiger partial charge in [-0.1, -0.05) is 6.07 Å². The third-order valence-electron chi connectivity index (χ3n) is 3.68. The zero-order chi connectivity index (χ0) is 14.7. The van der Waals surface area contributed by atoms with E-state index in [-0.39, 0.29) is 17.7 Å². The lowest BCUT2D eigenvalue weighted by Gasteiger charge is -2.22. The number of amides is 2. The van der Waals surface area contributed by atoms with Gasteiger partial charge >= 0.3 is 0 Å². The highest BCUT2D eigenvalue weighted by Gasteiger charge is 2.31. The second-order valence-corrected chi connectivity index (χ2v) is 6.19. The fraction of sp³-hybridized carbons (Fsp3) is 0.571. The lowest BCUT2D eigenvalue weighted by molar-refractivity contribution is -0.132. The van der Waals surface area contributed by atoms with E-state index in [1.54, 1.807) is 30.9 Å². The van der Waals surface area contributed by atoms with Gasteiger partial charge < -0.3 is 15.3 Å². The van der Waals surface area contributed by atoms with E-state index in [2.05, 4.69) is 5.32 Å². The third kappa shape index (κ3) is 3.37. The van der Waals surface area contributed by atoms with E-state index >= 15 is 0 Å². The molecule has 5 nitrogen and oxygen atoms in total. The molecule has 0 radical (unpaired) electrons. The molecule has 110 valence electrons. The number of nitrogens with zero attached hydrogens (tertiary/aromatic N) is 1. The normalized spacial score (nSPS) is 21.6. The van der Waals surface area contributed by atoms with Gasteiger partial charge in [0.05, 0.1) is 11.0 Å². The topological polar surface area (TPSA) is 69.6 Å². The molecule has 0 saturated carbocycles. The van der Waals surface area contributed by atoms with Crippen LogP contribution in [0.15, 0.2) is 17.5 Å². The summed E-state index contributed by atoms with van der Waals surface area (Å²) in [5.74, 6) is -0.163. The van der Waals surface area contributed by atoms with Crippen LogP contribution in [0.25, 0.3) is 0 Å². The Bertz CT molecular complexity index is 473. The molecule has 0 aromatic carbocycles. The Labute approximate surface area is 122 Å². The number of aliphatic hydroxyl groups is 1. The van der Waals surface area contributed by atoms with E-state index in [4.69, 9.17) is 0 Å². The van der Waals surface area contributed by atoms with Crippen LogP contribution < -0.4 is 5.32 Å². The second-order valence-electron chi connectivity index (χ2n) is 5.25. The Balaban J connectivity index is 1.88. The van der Waals surface area contributed by atoms with Gasteiger partial charge in [0.2, 0.25) is 5.91 Å². The first-order valence-corrected chi connectivity index (χ1v) is 7.68. The Morgan fingerprint density at radius 3 is 2.80 bits per heavy atom. The van der Waals surface area contributed by atoms with E-state index in [0.29, 0.717) is 18.0 Å².